The first kappa shape index (κ1) is 18.5. The van der Waals surface area contributed by atoms with Gasteiger partial charge in [-0.2, -0.15) is 0 Å². The molecule has 4 heteroatoms. The molecule has 2 amide bonds. The fraction of sp³-hybridized carbons (Fsp3) is 0.611. The average Bonchev–Trinajstić information content (AvgIpc) is 2.46. The molecule has 0 fully saturated rings. The fourth-order valence-electron chi connectivity index (χ4n) is 2.42. The van der Waals surface area contributed by atoms with E-state index in [0.717, 1.165) is 18.4 Å². The van der Waals surface area contributed by atoms with Gasteiger partial charge in [-0.05, 0) is 55.7 Å². The smallest absolute Gasteiger partial charge is 0.315 e. The number of benzene rings is 1. The van der Waals surface area contributed by atoms with Gasteiger partial charge in [-0.3, -0.25) is 0 Å². The number of aryl methyl sites for hydroxylation is 1. The van der Waals surface area contributed by atoms with Gasteiger partial charge in [0.05, 0.1) is 6.04 Å². The van der Waals surface area contributed by atoms with Crippen molar-refractivity contribution in [2.75, 3.05) is 13.2 Å². The minimum atomic E-state index is -0.143. The zero-order valence-electron chi connectivity index (χ0n) is 14.5. The summed E-state index contributed by atoms with van der Waals surface area (Å²) in [6.45, 7) is 11.0. The molecular weight excluding hydrogens is 276 g/mol. The van der Waals surface area contributed by atoms with Crippen molar-refractivity contribution in [3.8, 4) is 0 Å². The Morgan fingerprint density at radius 3 is 2.64 bits per heavy atom. The summed E-state index contributed by atoms with van der Waals surface area (Å²) < 4.78 is 0. The summed E-state index contributed by atoms with van der Waals surface area (Å²) >= 11 is 0. The highest BCUT2D eigenvalue weighted by atomic mass is 16.3. The van der Waals surface area contributed by atoms with Gasteiger partial charge >= 0.3 is 6.03 Å². The quantitative estimate of drug-likeness (QED) is 0.676. The minimum absolute atomic E-state index is 0.0196. The molecule has 0 aliphatic heterocycles. The maximum absolute atomic E-state index is 11.9. The Labute approximate surface area is 134 Å². The molecule has 0 radical (unpaired) electrons. The lowest BCUT2D eigenvalue weighted by Crippen LogP contribution is -2.38. The third kappa shape index (κ3) is 5.68. The van der Waals surface area contributed by atoms with E-state index in [4.69, 9.17) is 0 Å². The van der Waals surface area contributed by atoms with Gasteiger partial charge in [0.15, 0.2) is 0 Å². The van der Waals surface area contributed by atoms with Crippen LogP contribution >= 0.6 is 0 Å². The summed E-state index contributed by atoms with van der Waals surface area (Å²) in [4.78, 5) is 11.9. The van der Waals surface area contributed by atoms with Crippen molar-refractivity contribution in [1.82, 2.24) is 10.6 Å². The predicted molar refractivity (Wildman–Crippen MR) is 91.0 cm³/mol. The molecular formula is C18H30N2O2. The lowest BCUT2D eigenvalue weighted by molar-refractivity contribution is 0.148. The zero-order valence-corrected chi connectivity index (χ0v) is 14.5. The number of rotatable bonds is 7. The lowest BCUT2D eigenvalue weighted by atomic mass is 9.89. The molecule has 0 saturated carbocycles. The highest BCUT2D eigenvalue weighted by Gasteiger charge is 2.16. The Kier molecular flexibility index (Phi) is 6.88. The monoisotopic (exact) mass is 306 g/mol. The molecule has 0 aliphatic carbocycles. The maximum Gasteiger partial charge on any atom is 0.315 e. The molecule has 0 aliphatic rings. The van der Waals surface area contributed by atoms with Crippen LogP contribution in [-0.2, 0) is 0 Å². The minimum Gasteiger partial charge on any atom is -0.396 e. The summed E-state index contributed by atoms with van der Waals surface area (Å²) in [5, 5.41) is 15.1. The van der Waals surface area contributed by atoms with Crippen molar-refractivity contribution < 1.29 is 9.90 Å². The van der Waals surface area contributed by atoms with Crippen molar-refractivity contribution in [2.24, 2.45) is 5.41 Å². The summed E-state index contributed by atoms with van der Waals surface area (Å²) in [7, 11) is 0. The van der Waals surface area contributed by atoms with Gasteiger partial charge in [0.25, 0.3) is 0 Å². The number of hydrogen-bond donors (Lipinski definition) is 3. The molecule has 0 saturated heterocycles. The lowest BCUT2D eigenvalue weighted by Gasteiger charge is -2.21. The van der Waals surface area contributed by atoms with E-state index in [-0.39, 0.29) is 24.1 Å². The average molecular weight is 306 g/mol. The summed E-state index contributed by atoms with van der Waals surface area (Å²) in [6, 6.07) is 5.99. The van der Waals surface area contributed by atoms with Gasteiger partial charge in [0, 0.05) is 13.2 Å². The van der Waals surface area contributed by atoms with Crippen molar-refractivity contribution >= 4 is 6.03 Å². The first-order valence-corrected chi connectivity index (χ1v) is 7.98. The molecule has 3 N–H and O–H groups in total. The van der Waals surface area contributed by atoms with Crippen LogP contribution in [0, 0.1) is 19.3 Å². The topological polar surface area (TPSA) is 61.4 Å². The normalized spacial score (nSPS) is 12.8. The van der Waals surface area contributed by atoms with Crippen molar-refractivity contribution in [2.45, 2.75) is 53.5 Å². The molecule has 4 nitrogen and oxygen atoms in total. The van der Waals surface area contributed by atoms with Crippen LogP contribution in [0.25, 0.3) is 0 Å². The summed E-state index contributed by atoms with van der Waals surface area (Å²) in [6.07, 6.45) is 1.75. The Hall–Kier alpha value is -1.55. The Bertz CT molecular complexity index is 498. The zero-order chi connectivity index (χ0) is 16.8. The number of carbonyl (C=O) groups excluding carboxylic acids is 1. The molecule has 1 unspecified atom stereocenters. The molecule has 0 aromatic heterocycles. The highest BCUT2D eigenvalue weighted by molar-refractivity contribution is 5.74. The number of urea groups is 1. The number of aliphatic hydroxyl groups is 1. The van der Waals surface area contributed by atoms with Crippen LogP contribution in [0.1, 0.15) is 56.3 Å². The van der Waals surface area contributed by atoms with Gasteiger partial charge in [-0.1, -0.05) is 32.0 Å². The second kappa shape index (κ2) is 8.18. The number of nitrogens with one attached hydrogen (secondary N) is 2. The van der Waals surface area contributed by atoms with Crippen LogP contribution in [0.4, 0.5) is 4.79 Å². The first-order chi connectivity index (χ1) is 10.3. The largest absolute Gasteiger partial charge is 0.396 e. The van der Waals surface area contributed by atoms with Crippen LogP contribution in [0.5, 0.6) is 0 Å². The number of amides is 2. The first-order valence-electron chi connectivity index (χ1n) is 7.98. The van der Waals surface area contributed by atoms with Gasteiger partial charge < -0.3 is 15.7 Å². The van der Waals surface area contributed by atoms with E-state index < -0.39 is 0 Å². The van der Waals surface area contributed by atoms with Crippen molar-refractivity contribution in [3.63, 3.8) is 0 Å². The number of aliphatic hydroxyl groups excluding tert-OH is 1. The van der Waals surface area contributed by atoms with Crippen LogP contribution in [0.2, 0.25) is 0 Å². The Balaban J connectivity index is 2.40. The maximum atomic E-state index is 11.9. The summed E-state index contributed by atoms with van der Waals surface area (Å²) in [5.74, 6) is 0. The Morgan fingerprint density at radius 1 is 1.32 bits per heavy atom. The van der Waals surface area contributed by atoms with Crippen LogP contribution in [-0.4, -0.2) is 24.3 Å². The van der Waals surface area contributed by atoms with Gasteiger partial charge in [-0.25, -0.2) is 4.79 Å². The second-order valence-electron chi connectivity index (χ2n) is 6.84. The van der Waals surface area contributed by atoms with E-state index >= 15 is 0 Å². The van der Waals surface area contributed by atoms with Crippen molar-refractivity contribution in [3.05, 3.63) is 34.9 Å². The van der Waals surface area contributed by atoms with E-state index in [0.29, 0.717) is 6.54 Å². The fourth-order valence-corrected chi connectivity index (χ4v) is 2.42. The van der Waals surface area contributed by atoms with E-state index in [1.807, 2.05) is 26.8 Å². The van der Waals surface area contributed by atoms with Crippen LogP contribution in [0.3, 0.4) is 0 Å². The summed E-state index contributed by atoms with van der Waals surface area (Å²) in [5.41, 5.74) is 3.53. The standard InChI is InChI=1S/C18H30N2O2/c1-13-8-6-9-16(14(13)2)15(3)20-17(22)19-11-7-10-18(4,5)12-21/h6,8-9,15,21H,7,10-12H2,1-5H3,(H2,19,20,22). The van der Waals surface area contributed by atoms with Crippen LogP contribution in [0.15, 0.2) is 18.2 Å². The molecule has 0 heterocycles. The Morgan fingerprint density at radius 2 is 2.00 bits per heavy atom. The van der Waals surface area contributed by atoms with E-state index in [1.165, 1.54) is 11.1 Å². The van der Waals surface area contributed by atoms with Crippen molar-refractivity contribution in [1.29, 1.82) is 0 Å². The molecule has 1 aromatic carbocycles. The molecule has 1 rings (SSSR count). The van der Waals surface area contributed by atoms with E-state index in [9.17, 15) is 9.90 Å². The molecule has 124 valence electrons. The second-order valence-corrected chi connectivity index (χ2v) is 6.84. The SMILES string of the molecule is Cc1cccc(C(C)NC(=O)NCCCC(C)(C)CO)c1C. The molecule has 0 spiro atoms. The van der Waals surface area contributed by atoms with E-state index in [1.54, 1.807) is 0 Å². The molecule has 1 atom stereocenters. The van der Waals surface area contributed by atoms with Gasteiger partial charge in [0.2, 0.25) is 0 Å². The predicted octanol–water partition coefficient (Wildman–Crippen LogP) is 3.46. The highest BCUT2D eigenvalue weighted by Crippen LogP contribution is 2.21. The third-order valence-corrected chi connectivity index (χ3v) is 4.20. The van der Waals surface area contributed by atoms with Gasteiger partial charge in [0.1, 0.15) is 0 Å². The number of carbonyl (C=O) groups is 1. The molecule has 1 aromatic rings. The van der Waals surface area contributed by atoms with Crippen LogP contribution < -0.4 is 10.6 Å². The molecule has 0 bridgehead atoms. The van der Waals surface area contributed by atoms with E-state index in [2.05, 4.69) is 36.6 Å². The third-order valence-electron chi connectivity index (χ3n) is 4.20. The number of hydrogen-bond acceptors (Lipinski definition) is 2. The molecule has 22 heavy (non-hydrogen) atoms. The van der Waals surface area contributed by atoms with Gasteiger partial charge in [-0.15, -0.1) is 0 Å².